The van der Waals surface area contributed by atoms with Gasteiger partial charge in [0.05, 0.1) is 0 Å². The van der Waals surface area contributed by atoms with E-state index in [1.54, 1.807) is 17.8 Å². The van der Waals surface area contributed by atoms with Crippen LogP contribution in [0.2, 0.25) is 0 Å². The third kappa shape index (κ3) is 3.12. The molecular weight excluding hydrogens is 252 g/mol. The number of hydrazine groups is 1. The van der Waals surface area contributed by atoms with E-state index >= 15 is 0 Å². The molecule has 0 bridgehead atoms. The van der Waals surface area contributed by atoms with Crippen LogP contribution in [0.3, 0.4) is 0 Å². The predicted molar refractivity (Wildman–Crippen MR) is 65.9 cm³/mol. The van der Waals surface area contributed by atoms with Crippen LogP contribution in [0.1, 0.15) is 11.4 Å². The molecule has 3 N–H and O–H groups in total. The van der Waals surface area contributed by atoms with E-state index in [1.165, 1.54) is 12.4 Å². The van der Waals surface area contributed by atoms with Gasteiger partial charge in [0.2, 0.25) is 0 Å². The van der Waals surface area contributed by atoms with Crippen molar-refractivity contribution in [2.24, 2.45) is 12.9 Å². The van der Waals surface area contributed by atoms with Gasteiger partial charge in [0.15, 0.2) is 11.6 Å². The molecule has 2 rings (SSSR count). The Morgan fingerprint density at radius 3 is 2.79 bits per heavy atom. The fraction of sp³-hybridized carbons (Fsp3) is 0.333. The minimum absolute atomic E-state index is 0.251. The molecule has 0 amide bonds. The van der Waals surface area contributed by atoms with E-state index in [9.17, 15) is 8.78 Å². The third-order valence-electron chi connectivity index (χ3n) is 2.97. The minimum Gasteiger partial charge on any atom is -0.271 e. The molecule has 1 aromatic heterocycles. The summed E-state index contributed by atoms with van der Waals surface area (Å²) >= 11 is 0. The predicted octanol–water partition coefficient (Wildman–Crippen LogP) is 0.710. The number of halogens is 2. The molecule has 2 aromatic rings. The molecular formula is C12H15F2N5. The highest BCUT2D eigenvalue weighted by atomic mass is 19.2. The first-order chi connectivity index (χ1) is 9.11. The maximum atomic E-state index is 13.6. The Balaban J connectivity index is 2.11. The summed E-state index contributed by atoms with van der Waals surface area (Å²) in [6.07, 6.45) is 2.18. The molecule has 1 aromatic carbocycles. The lowest BCUT2D eigenvalue weighted by atomic mass is 10.0. The molecule has 0 aliphatic rings. The Hall–Kier alpha value is -1.86. The number of benzene rings is 1. The maximum Gasteiger partial charge on any atom is 0.162 e. The number of nitrogens with zero attached hydrogens (tertiary/aromatic N) is 3. The average Bonchev–Trinajstić information content (AvgIpc) is 2.79. The van der Waals surface area contributed by atoms with Crippen molar-refractivity contribution < 1.29 is 8.78 Å². The topological polar surface area (TPSA) is 68.8 Å². The molecule has 0 saturated heterocycles. The van der Waals surface area contributed by atoms with Crippen molar-refractivity contribution in [1.82, 2.24) is 20.2 Å². The highest BCUT2D eigenvalue weighted by Crippen LogP contribution is 2.14. The maximum absolute atomic E-state index is 13.6. The van der Waals surface area contributed by atoms with E-state index in [0.29, 0.717) is 6.42 Å². The fourth-order valence-corrected chi connectivity index (χ4v) is 1.89. The van der Waals surface area contributed by atoms with Crippen molar-refractivity contribution in [1.29, 1.82) is 0 Å². The van der Waals surface area contributed by atoms with Crippen LogP contribution in [0.25, 0.3) is 0 Å². The molecule has 0 radical (unpaired) electrons. The van der Waals surface area contributed by atoms with Crippen LogP contribution in [-0.2, 0) is 19.9 Å². The standard InChI is InChI=1S/C12H15F2N5/c1-19-11(16-7-17-19)6-9(18-15)5-8-3-2-4-10(13)12(8)14/h2-4,7,9,18H,5-6,15H2,1H3. The van der Waals surface area contributed by atoms with E-state index in [2.05, 4.69) is 15.5 Å². The normalized spacial score (nSPS) is 12.6. The second-order valence-corrected chi connectivity index (χ2v) is 4.28. The lowest BCUT2D eigenvalue weighted by molar-refractivity contribution is 0.466. The molecule has 0 aliphatic carbocycles. The van der Waals surface area contributed by atoms with Crippen LogP contribution >= 0.6 is 0 Å². The van der Waals surface area contributed by atoms with E-state index in [4.69, 9.17) is 5.84 Å². The molecule has 19 heavy (non-hydrogen) atoms. The van der Waals surface area contributed by atoms with Crippen LogP contribution in [0.5, 0.6) is 0 Å². The van der Waals surface area contributed by atoms with Gasteiger partial charge < -0.3 is 0 Å². The monoisotopic (exact) mass is 267 g/mol. The van der Waals surface area contributed by atoms with Crippen molar-refractivity contribution in [3.63, 3.8) is 0 Å². The van der Waals surface area contributed by atoms with Gasteiger partial charge in [-0.2, -0.15) is 5.10 Å². The molecule has 1 heterocycles. The summed E-state index contributed by atoms with van der Waals surface area (Å²) in [5, 5.41) is 3.95. The van der Waals surface area contributed by atoms with Crippen LogP contribution < -0.4 is 11.3 Å². The molecule has 0 fully saturated rings. The summed E-state index contributed by atoms with van der Waals surface area (Å²) in [4.78, 5) is 4.07. The van der Waals surface area contributed by atoms with Gasteiger partial charge in [0.1, 0.15) is 12.2 Å². The molecule has 1 unspecified atom stereocenters. The molecule has 0 spiro atoms. The molecule has 7 heteroatoms. The van der Waals surface area contributed by atoms with Gasteiger partial charge in [-0.15, -0.1) is 0 Å². The van der Waals surface area contributed by atoms with Gasteiger partial charge in [0, 0.05) is 19.5 Å². The first kappa shape index (κ1) is 13.6. The highest BCUT2D eigenvalue weighted by Gasteiger charge is 2.16. The smallest absolute Gasteiger partial charge is 0.162 e. The Kier molecular flexibility index (Phi) is 4.18. The molecule has 102 valence electrons. The lowest BCUT2D eigenvalue weighted by Gasteiger charge is -2.15. The number of rotatable bonds is 5. The van der Waals surface area contributed by atoms with Crippen molar-refractivity contribution in [3.8, 4) is 0 Å². The Morgan fingerprint density at radius 1 is 1.37 bits per heavy atom. The zero-order valence-electron chi connectivity index (χ0n) is 10.5. The second-order valence-electron chi connectivity index (χ2n) is 4.28. The number of nitrogens with two attached hydrogens (primary N) is 1. The van der Waals surface area contributed by atoms with E-state index in [-0.39, 0.29) is 18.0 Å². The largest absolute Gasteiger partial charge is 0.271 e. The number of nitrogens with one attached hydrogen (secondary N) is 1. The van der Waals surface area contributed by atoms with Gasteiger partial charge >= 0.3 is 0 Å². The van der Waals surface area contributed by atoms with Crippen LogP contribution in [0.4, 0.5) is 8.78 Å². The molecule has 5 nitrogen and oxygen atoms in total. The Morgan fingerprint density at radius 2 is 2.16 bits per heavy atom. The van der Waals surface area contributed by atoms with E-state index < -0.39 is 11.6 Å². The minimum atomic E-state index is -0.855. The van der Waals surface area contributed by atoms with Gasteiger partial charge in [-0.25, -0.2) is 13.8 Å². The summed E-state index contributed by atoms with van der Waals surface area (Å²) in [7, 11) is 1.76. The van der Waals surface area contributed by atoms with Crippen LogP contribution in [0.15, 0.2) is 24.5 Å². The molecule has 1 atom stereocenters. The first-order valence-electron chi connectivity index (χ1n) is 5.83. The second kappa shape index (κ2) is 5.85. The van der Waals surface area contributed by atoms with Crippen molar-refractivity contribution in [2.45, 2.75) is 18.9 Å². The zero-order valence-corrected chi connectivity index (χ0v) is 10.5. The van der Waals surface area contributed by atoms with Gasteiger partial charge in [-0.05, 0) is 18.1 Å². The number of aryl methyl sites for hydroxylation is 1. The van der Waals surface area contributed by atoms with Gasteiger partial charge in [-0.1, -0.05) is 12.1 Å². The van der Waals surface area contributed by atoms with E-state index in [1.807, 2.05) is 0 Å². The first-order valence-corrected chi connectivity index (χ1v) is 5.83. The van der Waals surface area contributed by atoms with Crippen LogP contribution in [-0.4, -0.2) is 20.8 Å². The SMILES string of the molecule is Cn1ncnc1CC(Cc1cccc(F)c1F)NN. The highest BCUT2D eigenvalue weighted by molar-refractivity contribution is 5.20. The summed E-state index contributed by atoms with van der Waals surface area (Å²) in [6.45, 7) is 0. The molecule has 0 aliphatic heterocycles. The van der Waals surface area contributed by atoms with Crippen LogP contribution in [0, 0.1) is 11.6 Å². The van der Waals surface area contributed by atoms with Gasteiger partial charge in [-0.3, -0.25) is 16.0 Å². The quantitative estimate of drug-likeness (QED) is 0.618. The number of aromatic nitrogens is 3. The van der Waals surface area contributed by atoms with Crippen molar-refractivity contribution >= 4 is 0 Å². The zero-order chi connectivity index (χ0) is 13.8. The Labute approximate surface area is 109 Å². The summed E-state index contributed by atoms with van der Waals surface area (Å²) in [5.41, 5.74) is 2.88. The fourth-order valence-electron chi connectivity index (χ4n) is 1.89. The summed E-state index contributed by atoms with van der Waals surface area (Å²) < 4.78 is 28.3. The number of hydrogen-bond donors (Lipinski definition) is 2. The molecule has 0 saturated carbocycles. The lowest BCUT2D eigenvalue weighted by Crippen LogP contribution is -2.39. The Bertz CT molecular complexity index is 555. The van der Waals surface area contributed by atoms with Gasteiger partial charge in [0.25, 0.3) is 0 Å². The summed E-state index contributed by atoms with van der Waals surface area (Å²) in [5.74, 6) is 4.49. The average molecular weight is 267 g/mol. The summed E-state index contributed by atoms with van der Waals surface area (Å²) in [6, 6.07) is 3.86. The van der Waals surface area contributed by atoms with Crippen molar-refractivity contribution in [3.05, 3.63) is 47.5 Å². The number of hydrogen-bond acceptors (Lipinski definition) is 4. The van der Waals surface area contributed by atoms with Crippen molar-refractivity contribution in [2.75, 3.05) is 0 Å². The van der Waals surface area contributed by atoms with E-state index in [0.717, 1.165) is 11.9 Å². The third-order valence-corrected chi connectivity index (χ3v) is 2.97.